The number of carbonyl (C=O) groups is 2. The molecule has 2 aromatic carbocycles. The van der Waals surface area contributed by atoms with Gasteiger partial charge in [-0.1, -0.05) is 35.5 Å². The lowest BCUT2D eigenvalue weighted by molar-refractivity contribution is -0.145. The van der Waals surface area contributed by atoms with Gasteiger partial charge in [-0.05, 0) is 18.2 Å². The number of ether oxygens (including phenoxy) is 3. The summed E-state index contributed by atoms with van der Waals surface area (Å²) in [7, 11) is 1.31. The molecule has 0 radical (unpaired) electrons. The number of rotatable bonds is 10. The number of carbonyl (C=O) groups excluding carboxylic acids is 2. The Morgan fingerprint density at radius 1 is 1.06 bits per heavy atom. The maximum atomic E-state index is 12.4. The third-order valence-corrected chi connectivity index (χ3v) is 4.11. The van der Waals surface area contributed by atoms with E-state index in [0.717, 1.165) is 0 Å². The van der Waals surface area contributed by atoms with Gasteiger partial charge in [-0.3, -0.25) is 9.59 Å². The SMILES string of the molecule is COc1cc(-c2noc(COC(=O)CCC(=O)c3ccccc3)n2)ccc1OC(F)F. The van der Waals surface area contributed by atoms with Crippen LogP contribution in [0.2, 0.25) is 0 Å². The maximum absolute atomic E-state index is 12.4. The van der Waals surface area contributed by atoms with E-state index in [9.17, 15) is 18.4 Å². The van der Waals surface area contributed by atoms with Gasteiger partial charge in [-0.15, -0.1) is 0 Å². The van der Waals surface area contributed by atoms with Crippen molar-refractivity contribution in [3.05, 3.63) is 60.0 Å². The third kappa shape index (κ3) is 6.08. The van der Waals surface area contributed by atoms with Crippen LogP contribution in [0, 0.1) is 0 Å². The van der Waals surface area contributed by atoms with Crippen molar-refractivity contribution in [2.45, 2.75) is 26.1 Å². The second-order valence-corrected chi connectivity index (χ2v) is 6.21. The molecule has 0 N–H and O–H groups in total. The zero-order valence-corrected chi connectivity index (χ0v) is 16.4. The van der Waals surface area contributed by atoms with Gasteiger partial charge in [0.05, 0.1) is 13.5 Å². The number of methoxy groups -OCH3 is 1. The Morgan fingerprint density at radius 2 is 1.84 bits per heavy atom. The first-order chi connectivity index (χ1) is 15.0. The van der Waals surface area contributed by atoms with Crippen molar-refractivity contribution >= 4 is 11.8 Å². The van der Waals surface area contributed by atoms with E-state index in [-0.39, 0.29) is 48.4 Å². The number of aromatic nitrogens is 2. The fraction of sp³-hybridized carbons (Fsp3) is 0.238. The van der Waals surface area contributed by atoms with Crippen LogP contribution in [0.15, 0.2) is 53.1 Å². The molecule has 0 saturated carbocycles. The average Bonchev–Trinajstić information content (AvgIpc) is 3.25. The lowest BCUT2D eigenvalue weighted by atomic mass is 10.1. The first kappa shape index (κ1) is 21.9. The molecule has 1 heterocycles. The molecule has 3 aromatic rings. The Hall–Kier alpha value is -3.82. The summed E-state index contributed by atoms with van der Waals surface area (Å²) in [4.78, 5) is 28.0. The van der Waals surface area contributed by atoms with Gasteiger partial charge in [0.25, 0.3) is 5.89 Å². The van der Waals surface area contributed by atoms with Crippen molar-refractivity contribution in [2.24, 2.45) is 0 Å². The summed E-state index contributed by atoms with van der Waals surface area (Å²) < 4.78 is 44.3. The van der Waals surface area contributed by atoms with E-state index in [2.05, 4.69) is 14.9 Å². The van der Waals surface area contributed by atoms with Crippen LogP contribution in [0.4, 0.5) is 8.78 Å². The highest BCUT2D eigenvalue weighted by atomic mass is 19.3. The number of halogens is 2. The van der Waals surface area contributed by atoms with Gasteiger partial charge in [0.2, 0.25) is 5.82 Å². The van der Waals surface area contributed by atoms with Gasteiger partial charge < -0.3 is 18.7 Å². The second kappa shape index (κ2) is 10.3. The smallest absolute Gasteiger partial charge is 0.387 e. The monoisotopic (exact) mass is 432 g/mol. The number of Topliss-reactive ketones (excluding diaryl/α,β-unsaturated/α-hetero) is 1. The summed E-state index contributed by atoms with van der Waals surface area (Å²) in [6.07, 6.45) is -0.0672. The van der Waals surface area contributed by atoms with Crippen molar-refractivity contribution < 1.29 is 37.1 Å². The Kier molecular flexibility index (Phi) is 7.26. The summed E-state index contributed by atoms with van der Waals surface area (Å²) in [6.45, 7) is -3.26. The van der Waals surface area contributed by atoms with Crippen LogP contribution in [-0.2, 0) is 16.1 Å². The fourth-order valence-electron chi connectivity index (χ4n) is 2.63. The summed E-state index contributed by atoms with van der Waals surface area (Å²) >= 11 is 0. The average molecular weight is 432 g/mol. The molecule has 8 nitrogen and oxygen atoms in total. The molecule has 0 spiro atoms. The molecular weight excluding hydrogens is 414 g/mol. The molecule has 0 aliphatic rings. The predicted molar refractivity (Wildman–Crippen MR) is 103 cm³/mol. The highest BCUT2D eigenvalue weighted by molar-refractivity contribution is 5.97. The minimum Gasteiger partial charge on any atom is -0.493 e. The van der Waals surface area contributed by atoms with Crippen molar-refractivity contribution in [3.63, 3.8) is 0 Å². The van der Waals surface area contributed by atoms with Crippen LogP contribution in [0.5, 0.6) is 11.5 Å². The first-order valence-electron chi connectivity index (χ1n) is 9.16. The zero-order valence-electron chi connectivity index (χ0n) is 16.4. The number of hydrogen-bond donors (Lipinski definition) is 0. The molecule has 0 bridgehead atoms. The molecule has 0 aliphatic carbocycles. The summed E-state index contributed by atoms with van der Waals surface area (Å²) in [6, 6.07) is 12.8. The van der Waals surface area contributed by atoms with Crippen LogP contribution in [0.1, 0.15) is 29.1 Å². The van der Waals surface area contributed by atoms with Gasteiger partial charge in [0.1, 0.15) is 0 Å². The summed E-state index contributed by atoms with van der Waals surface area (Å²) in [5.41, 5.74) is 0.950. The lowest BCUT2D eigenvalue weighted by Gasteiger charge is -2.10. The van der Waals surface area contributed by atoms with E-state index in [0.29, 0.717) is 11.1 Å². The first-order valence-corrected chi connectivity index (χ1v) is 9.16. The highest BCUT2D eigenvalue weighted by Gasteiger charge is 2.16. The summed E-state index contributed by atoms with van der Waals surface area (Å²) in [5.74, 6) is -0.635. The molecule has 10 heteroatoms. The van der Waals surface area contributed by atoms with Crippen molar-refractivity contribution in [1.82, 2.24) is 10.1 Å². The standard InChI is InChI=1S/C21H18F2N2O6/c1-28-17-11-14(7-9-16(17)30-21(22)23)20-24-18(31-25-20)12-29-19(27)10-8-15(26)13-5-3-2-4-6-13/h2-7,9,11,21H,8,10,12H2,1H3. The maximum Gasteiger partial charge on any atom is 0.387 e. The number of benzene rings is 2. The van der Waals surface area contributed by atoms with Gasteiger partial charge in [-0.25, -0.2) is 0 Å². The number of ketones is 1. The normalized spacial score (nSPS) is 10.7. The van der Waals surface area contributed by atoms with E-state index in [1.165, 1.54) is 25.3 Å². The number of esters is 1. The van der Waals surface area contributed by atoms with Crippen molar-refractivity contribution in [1.29, 1.82) is 0 Å². The molecule has 0 aliphatic heterocycles. The zero-order chi connectivity index (χ0) is 22.2. The van der Waals surface area contributed by atoms with Crippen LogP contribution in [0.25, 0.3) is 11.4 Å². The molecule has 0 saturated heterocycles. The minimum atomic E-state index is -2.99. The Labute approximate surface area is 175 Å². The van der Waals surface area contributed by atoms with Gasteiger partial charge in [0, 0.05) is 17.5 Å². The molecule has 0 amide bonds. The van der Waals surface area contributed by atoms with Crippen LogP contribution in [0.3, 0.4) is 0 Å². The summed E-state index contributed by atoms with van der Waals surface area (Å²) in [5, 5.41) is 3.77. The molecule has 3 rings (SSSR count). The van der Waals surface area contributed by atoms with E-state index < -0.39 is 12.6 Å². The van der Waals surface area contributed by atoms with Crippen molar-refractivity contribution in [2.75, 3.05) is 7.11 Å². The molecule has 1 aromatic heterocycles. The molecule has 0 unspecified atom stereocenters. The van der Waals surface area contributed by atoms with E-state index in [1.54, 1.807) is 30.3 Å². The van der Waals surface area contributed by atoms with Crippen LogP contribution in [-0.4, -0.2) is 35.6 Å². The second-order valence-electron chi connectivity index (χ2n) is 6.21. The molecule has 31 heavy (non-hydrogen) atoms. The molecule has 162 valence electrons. The third-order valence-electron chi connectivity index (χ3n) is 4.11. The van der Waals surface area contributed by atoms with Crippen molar-refractivity contribution in [3.8, 4) is 22.9 Å². The number of hydrogen-bond acceptors (Lipinski definition) is 8. The number of nitrogens with zero attached hydrogens (tertiary/aromatic N) is 2. The van der Waals surface area contributed by atoms with Crippen LogP contribution < -0.4 is 9.47 Å². The highest BCUT2D eigenvalue weighted by Crippen LogP contribution is 2.32. The van der Waals surface area contributed by atoms with Gasteiger partial charge in [0.15, 0.2) is 23.9 Å². The van der Waals surface area contributed by atoms with E-state index in [4.69, 9.17) is 14.0 Å². The fourth-order valence-corrected chi connectivity index (χ4v) is 2.63. The number of alkyl halides is 2. The Balaban J connectivity index is 1.54. The lowest BCUT2D eigenvalue weighted by Crippen LogP contribution is -2.08. The molecule has 0 atom stereocenters. The molecular formula is C21H18F2N2O6. The quantitative estimate of drug-likeness (QED) is 0.349. The Morgan fingerprint density at radius 3 is 2.55 bits per heavy atom. The van der Waals surface area contributed by atoms with E-state index in [1.807, 2.05) is 0 Å². The van der Waals surface area contributed by atoms with Gasteiger partial charge >= 0.3 is 12.6 Å². The van der Waals surface area contributed by atoms with Gasteiger partial charge in [-0.2, -0.15) is 13.8 Å². The minimum absolute atomic E-state index is 0.0186. The predicted octanol–water partition coefficient (Wildman–Crippen LogP) is 4.05. The molecule has 0 fully saturated rings. The van der Waals surface area contributed by atoms with Crippen LogP contribution >= 0.6 is 0 Å². The largest absolute Gasteiger partial charge is 0.493 e. The van der Waals surface area contributed by atoms with E-state index >= 15 is 0 Å². The Bertz CT molecular complexity index is 1040. The topological polar surface area (TPSA) is 101 Å².